The fourth-order valence-electron chi connectivity index (χ4n) is 2.57. The Balaban J connectivity index is 1.67. The molecule has 1 N–H and O–H groups in total. The fourth-order valence-corrected chi connectivity index (χ4v) is 2.57. The van der Waals surface area contributed by atoms with Gasteiger partial charge in [-0.3, -0.25) is 4.79 Å². The maximum atomic E-state index is 12.6. The number of hydrogen-bond acceptors (Lipinski definition) is 3. The summed E-state index contributed by atoms with van der Waals surface area (Å²) in [6, 6.07) is 16.8. The highest BCUT2D eigenvalue weighted by Crippen LogP contribution is 2.17. The van der Waals surface area contributed by atoms with Crippen LogP contribution in [0.15, 0.2) is 60.8 Å². The molecule has 118 valence electrons. The Labute approximate surface area is 134 Å². The Kier molecular flexibility index (Phi) is 4.39. The zero-order chi connectivity index (χ0) is 16.2. The molecule has 1 amide bonds. The maximum Gasteiger partial charge on any atom is 0.272 e. The normalized spacial score (nSPS) is 12.3. The van der Waals surface area contributed by atoms with Gasteiger partial charge in [0.1, 0.15) is 5.69 Å². The van der Waals surface area contributed by atoms with Gasteiger partial charge in [0, 0.05) is 13.6 Å². The van der Waals surface area contributed by atoms with Crippen molar-refractivity contribution >= 4 is 11.4 Å². The smallest absolute Gasteiger partial charge is 0.272 e. The van der Waals surface area contributed by atoms with Crippen LogP contribution in [0.5, 0.6) is 0 Å². The van der Waals surface area contributed by atoms with Crippen LogP contribution in [0, 0.1) is 0 Å². The van der Waals surface area contributed by atoms with Gasteiger partial charge in [0.15, 0.2) is 0 Å². The zero-order valence-electron chi connectivity index (χ0n) is 13.0. The van der Waals surface area contributed by atoms with Crippen molar-refractivity contribution in [1.82, 2.24) is 14.5 Å². The van der Waals surface area contributed by atoms with Crippen molar-refractivity contribution in [2.45, 2.75) is 12.5 Å². The third kappa shape index (κ3) is 3.24. The van der Waals surface area contributed by atoms with Gasteiger partial charge in [0.2, 0.25) is 0 Å². The number of nitrogens with zero attached hydrogens (tertiary/aromatic N) is 3. The minimum atomic E-state index is -0.577. The summed E-state index contributed by atoms with van der Waals surface area (Å²) in [5, 5.41) is 14.4. The van der Waals surface area contributed by atoms with Crippen LogP contribution in [0.1, 0.15) is 28.6 Å². The predicted octanol–water partition coefficient (Wildman–Crippen LogP) is 2.53. The average Bonchev–Trinajstić information content (AvgIpc) is 3.08. The molecule has 0 spiro atoms. The number of amides is 1. The Morgan fingerprint density at radius 3 is 2.74 bits per heavy atom. The van der Waals surface area contributed by atoms with Gasteiger partial charge in [-0.2, -0.15) is 5.10 Å². The summed E-state index contributed by atoms with van der Waals surface area (Å²) in [6.45, 7) is 0.465. The summed E-state index contributed by atoms with van der Waals surface area (Å²) in [5.41, 5.74) is 2.26. The van der Waals surface area contributed by atoms with Gasteiger partial charge in [0.05, 0.1) is 17.8 Å². The molecule has 0 saturated heterocycles. The highest BCUT2D eigenvalue weighted by atomic mass is 16.3. The second-order valence-electron chi connectivity index (χ2n) is 5.52. The van der Waals surface area contributed by atoms with Crippen LogP contribution < -0.4 is 0 Å². The van der Waals surface area contributed by atoms with Crippen molar-refractivity contribution in [2.24, 2.45) is 0 Å². The molecule has 0 aliphatic heterocycles. The number of hydrogen-bond donors (Lipinski definition) is 1. The monoisotopic (exact) mass is 309 g/mol. The zero-order valence-corrected chi connectivity index (χ0v) is 13.0. The van der Waals surface area contributed by atoms with E-state index in [1.807, 2.05) is 48.5 Å². The molecule has 0 saturated carbocycles. The number of aromatic nitrogens is 2. The van der Waals surface area contributed by atoms with Crippen LogP contribution in [0.2, 0.25) is 0 Å². The molecule has 2 aromatic heterocycles. The number of benzene rings is 1. The summed E-state index contributed by atoms with van der Waals surface area (Å²) in [4.78, 5) is 14.2. The number of rotatable bonds is 5. The molecular formula is C18H19N3O2. The van der Waals surface area contributed by atoms with E-state index in [-0.39, 0.29) is 5.91 Å². The number of fused-ring (bicyclic) bond motifs is 1. The van der Waals surface area contributed by atoms with Gasteiger partial charge in [-0.1, -0.05) is 36.4 Å². The first kappa shape index (κ1) is 15.2. The lowest BCUT2D eigenvalue weighted by Crippen LogP contribution is -2.30. The quantitative estimate of drug-likeness (QED) is 0.788. The van der Waals surface area contributed by atoms with Crippen LogP contribution in [-0.4, -0.2) is 39.1 Å². The number of aliphatic hydroxyl groups is 1. The van der Waals surface area contributed by atoms with E-state index in [1.54, 1.807) is 28.7 Å². The van der Waals surface area contributed by atoms with Crippen molar-refractivity contribution in [3.63, 3.8) is 0 Å². The fraction of sp³-hybridized carbons (Fsp3) is 0.222. The van der Waals surface area contributed by atoms with Crippen LogP contribution in [-0.2, 0) is 0 Å². The van der Waals surface area contributed by atoms with E-state index in [1.165, 1.54) is 0 Å². The summed E-state index contributed by atoms with van der Waals surface area (Å²) < 4.78 is 1.63. The summed E-state index contributed by atoms with van der Waals surface area (Å²) >= 11 is 0. The molecule has 0 aliphatic rings. The molecule has 2 heterocycles. The van der Waals surface area contributed by atoms with E-state index >= 15 is 0 Å². The van der Waals surface area contributed by atoms with Gasteiger partial charge in [-0.15, -0.1) is 0 Å². The minimum absolute atomic E-state index is 0.112. The number of carbonyl (C=O) groups is 1. The van der Waals surface area contributed by atoms with Crippen molar-refractivity contribution < 1.29 is 9.90 Å². The van der Waals surface area contributed by atoms with Gasteiger partial charge >= 0.3 is 0 Å². The first-order chi connectivity index (χ1) is 11.2. The molecule has 3 aromatic rings. The largest absolute Gasteiger partial charge is 0.388 e. The third-order valence-electron chi connectivity index (χ3n) is 3.91. The summed E-state index contributed by atoms with van der Waals surface area (Å²) in [7, 11) is 1.74. The van der Waals surface area contributed by atoms with E-state index in [2.05, 4.69) is 5.10 Å². The molecule has 0 aliphatic carbocycles. The van der Waals surface area contributed by atoms with E-state index in [0.717, 1.165) is 11.1 Å². The third-order valence-corrected chi connectivity index (χ3v) is 3.91. The molecule has 23 heavy (non-hydrogen) atoms. The Morgan fingerprint density at radius 1 is 1.17 bits per heavy atom. The second kappa shape index (κ2) is 6.62. The molecule has 0 bridgehead atoms. The van der Waals surface area contributed by atoms with E-state index in [0.29, 0.717) is 18.7 Å². The Morgan fingerprint density at radius 2 is 1.96 bits per heavy atom. The first-order valence-electron chi connectivity index (χ1n) is 7.58. The molecular weight excluding hydrogens is 290 g/mol. The Bertz CT molecular complexity index is 798. The molecule has 1 atom stereocenters. The van der Waals surface area contributed by atoms with Gasteiger partial charge in [0.25, 0.3) is 5.91 Å². The maximum absolute atomic E-state index is 12.6. The van der Waals surface area contributed by atoms with Gasteiger partial charge in [-0.25, -0.2) is 4.52 Å². The van der Waals surface area contributed by atoms with Gasteiger partial charge in [-0.05, 0) is 30.2 Å². The summed E-state index contributed by atoms with van der Waals surface area (Å²) in [5.74, 6) is -0.112. The SMILES string of the molecule is CN(CC[C@H](O)c1ccccc1)C(=O)c1cccc2ccnn12. The average molecular weight is 309 g/mol. The van der Waals surface area contributed by atoms with Crippen LogP contribution >= 0.6 is 0 Å². The van der Waals surface area contributed by atoms with Crippen molar-refractivity contribution in [1.29, 1.82) is 0 Å². The molecule has 0 fully saturated rings. The van der Waals surface area contributed by atoms with E-state index in [9.17, 15) is 9.90 Å². The number of pyridine rings is 1. The summed E-state index contributed by atoms with van der Waals surface area (Å²) in [6.07, 6.45) is 1.58. The van der Waals surface area contributed by atoms with Crippen molar-refractivity contribution in [3.8, 4) is 0 Å². The van der Waals surface area contributed by atoms with E-state index in [4.69, 9.17) is 0 Å². The van der Waals surface area contributed by atoms with Crippen LogP contribution in [0.4, 0.5) is 0 Å². The van der Waals surface area contributed by atoms with Crippen molar-refractivity contribution in [2.75, 3.05) is 13.6 Å². The predicted molar refractivity (Wildman–Crippen MR) is 88.2 cm³/mol. The molecule has 5 nitrogen and oxygen atoms in total. The Hall–Kier alpha value is -2.66. The van der Waals surface area contributed by atoms with Crippen LogP contribution in [0.3, 0.4) is 0 Å². The molecule has 1 aromatic carbocycles. The van der Waals surface area contributed by atoms with Crippen molar-refractivity contribution in [3.05, 3.63) is 72.1 Å². The lowest BCUT2D eigenvalue weighted by Gasteiger charge is -2.20. The standard InChI is InChI=1S/C18H19N3O2/c1-20(13-11-17(22)14-6-3-2-4-7-14)18(23)16-9-5-8-15-10-12-19-21(15)16/h2-10,12,17,22H,11,13H2,1H3/t17-/m0/s1. The minimum Gasteiger partial charge on any atom is -0.388 e. The molecule has 5 heteroatoms. The molecule has 0 radical (unpaired) electrons. The lowest BCUT2D eigenvalue weighted by atomic mass is 10.1. The number of aliphatic hydroxyl groups excluding tert-OH is 1. The van der Waals surface area contributed by atoms with Gasteiger partial charge < -0.3 is 10.0 Å². The van der Waals surface area contributed by atoms with E-state index < -0.39 is 6.10 Å². The molecule has 3 rings (SSSR count). The highest BCUT2D eigenvalue weighted by molar-refractivity contribution is 5.93. The second-order valence-corrected chi connectivity index (χ2v) is 5.52. The lowest BCUT2D eigenvalue weighted by molar-refractivity contribution is 0.0753. The highest BCUT2D eigenvalue weighted by Gasteiger charge is 2.17. The first-order valence-corrected chi connectivity index (χ1v) is 7.58. The number of carbonyl (C=O) groups excluding carboxylic acids is 1. The topological polar surface area (TPSA) is 57.8 Å². The molecule has 0 unspecified atom stereocenters. The van der Waals surface area contributed by atoms with Crippen LogP contribution in [0.25, 0.3) is 5.52 Å².